The van der Waals surface area contributed by atoms with E-state index in [0.29, 0.717) is 5.92 Å². The Morgan fingerprint density at radius 1 is 0.853 bits per heavy atom. The van der Waals surface area contributed by atoms with Crippen molar-refractivity contribution in [1.82, 2.24) is 5.32 Å². The van der Waals surface area contributed by atoms with Crippen molar-refractivity contribution in [2.45, 2.75) is 59.3 Å². The maximum atomic E-state index is 4.47. The zero-order chi connectivity index (χ0) is 23.9. The van der Waals surface area contributed by atoms with E-state index in [2.05, 4.69) is 105 Å². The van der Waals surface area contributed by atoms with Crippen molar-refractivity contribution in [3.05, 3.63) is 124 Å². The molecule has 0 aliphatic heterocycles. The lowest BCUT2D eigenvalue weighted by Crippen LogP contribution is -2.24. The number of allylic oxidation sites excluding steroid dienone is 3. The van der Waals surface area contributed by atoms with E-state index in [-0.39, 0.29) is 0 Å². The average Bonchev–Trinajstić information content (AvgIpc) is 2.85. The standard InChI is InChI=1S/C33H39N/c1-24-14-15-25(2)30(22-24)18-16-29-17-19-31(23-33(29)32-13-9-8-10-26(32)3)27(4)34-21-20-28-11-6-5-7-12-28/h5-15,22,31,34H,4,16-21,23H2,1-3H3. The van der Waals surface area contributed by atoms with Crippen LogP contribution in [-0.2, 0) is 12.8 Å². The highest BCUT2D eigenvalue weighted by Crippen LogP contribution is 2.40. The quantitative estimate of drug-likeness (QED) is 0.347. The van der Waals surface area contributed by atoms with Crippen molar-refractivity contribution in [2.75, 3.05) is 6.54 Å². The number of benzene rings is 3. The van der Waals surface area contributed by atoms with Gasteiger partial charge in [0.05, 0.1) is 0 Å². The van der Waals surface area contributed by atoms with Crippen molar-refractivity contribution >= 4 is 5.57 Å². The zero-order valence-corrected chi connectivity index (χ0v) is 21.2. The van der Waals surface area contributed by atoms with Gasteiger partial charge in [-0.05, 0) is 92.7 Å². The van der Waals surface area contributed by atoms with Gasteiger partial charge in [-0.15, -0.1) is 0 Å². The van der Waals surface area contributed by atoms with Crippen LogP contribution in [0.1, 0.15) is 59.1 Å². The molecule has 1 aliphatic carbocycles. The Hall–Kier alpha value is -3.06. The first-order chi connectivity index (χ1) is 16.5. The predicted octanol–water partition coefficient (Wildman–Crippen LogP) is 8.14. The molecule has 1 atom stereocenters. The van der Waals surface area contributed by atoms with Gasteiger partial charge in [0, 0.05) is 18.2 Å². The molecule has 34 heavy (non-hydrogen) atoms. The fraction of sp³-hybridized carbons (Fsp3) is 0.333. The molecule has 1 unspecified atom stereocenters. The Balaban J connectivity index is 1.48. The third-order valence-corrected chi connectivity index (χ3v) is 7.44. The molecule has 3 aromatic rings. The third-order valence-electron chi connectivity index (χ3n) is 7.44. The first-order valence-corrected chi connectivity index (χ1v) is 12.8. The molecule has 1 N–H and O–H groups in total. The van der Waals surface area contributed by atoms with E-state index >= 15 is 0 Å². The summed E-state index contributed by atoms with van der Waals surface area (Å²) in [6.45, 7) is 12.1. The Morgan fingerprint density at radius 3 is 2.41 bits per heavy atom. The molecule has 1 aliphatic rings. The molecule has 0 radical (unpaired) electrons. The largest absolute Gasteiger partial charge is 0.388 e. The first-order valence-electron chi connectivity index (χ1n) is 12.8. The lowest BCUT2D eigenvalue weighted by molar-refractivity contribution is 0.506. The second-order valence-electron chi connectivity index (χ2n) is 9.95. The van der Waals surface area contributed by atoms with Gasteiger partial charge < -0.3 is 5.32 Å². The molecule has 1 heteroatoms. The normalized spacial score (nSPS) is 15.9. The van der Waals surface area contributed by atoms with Crippen LogP contribution < -0.4 is 5.32 Å². The number of aryl methyl sites for hydroxylation is 4. The second-order valence-corrected chi connectivity index (χ2v) is 9.95. The lowest BCUT2D eigenvalue weighted by atomic mass is 9.77. The molecule has 0 spiro atoms. The monoisotopic (exact) mass is 449 g/mol. The summed E-state index contributed by atoms with van der Waals surface area (Å²) in [5.74, 6) is 0.495. The molecule has 4 rings (SSSR count). The number of rotatable bonds is 9. The molecule has 0 heterocycles. The van der Waals surface area contributed by atoms with Crippen molar-refractivity contribution in [3.8, 4) is 0 Å². The zero-order valence-electron chi connectivity index (χ0n) is 21.2. The molecule has 0 fully saturated rings. The number of hydrogen-bond acceptors (Lipinski definition) is 1. The van der Waals surface area contributed by atoms with Crippen LogP contribution in [0.2, 0.25) is 0 Å². The summed E-state index contributed by atoms with van der Waals surface area (Å²) in [6, 6.07) is 26.5. The summed E-state index contributed by atoms with van der Waals surface area (Å²) in [5, 5.41) is 3.66. The van der Waals surface area contributed by atoms with Crippen LogP contribution in [0.3, 0.4) is 0 Å². The third kappa shape index (κ3) is 6.08. The van der Waals surface area contributed by atoms with Crippen LogP contribution in [0.5, 0.6) is 0 Å². The molecular weight excluding hydrogens is 410 g/mol. The van der Waals surface area contributed by atoms with E-state index < -0.39 is 0 Å². The van der Waals surface area contributed by atoms with Crippen LogP contribution >= 0.6 is 0 Å². The van der Waals surface area contributed by atoms with Crippen LogP contribution in [-0.4, -0.2) is 6.54 Å². The van der Waals surface area contributed by atoms with E-state index in [1.807, 2.05) is 0 Å². The van der Waals surface area contributed by atoms with Crippen molar-refractivity contribution in [3.63, 3.8) is 0 Å². The lowest BCUT2D eigenvalue weighted by Gasteiger charge is -2.30. The van der Waals surface area contributed by atoms with E-state index in [1.54, 1.807) is 11.1 Å². The Labute approximate surface area is 206 Å². The van der Waals surface area contributed by atoms with E-state index in [0.717, 1.165) is 32.2 Å². The van der Waals surface area contributed by atoms with Gasteiger partial charge in [-0.1, -0.05) is 90.5 Å². The predicted molar refractivity (Wildman–Crippen MR) is 147 cm³/mol. The minimum atomic E-state index is 0.495. The van der Waals surface area contributed by atoms with Crippen molar-refractivity contribution < 1.29 is 0 Å². The molecule has 0 saturated carbocycles. The molecule has 3 aromatic carbocycles. The molecule has 1 nitrogen and oxygen atoms in total. The van der Waals surface area contributed by atoms with Crippen LogP contribution in [0.25, 0.3) is 5.57 Å². The molecular formula is C33H39N. The highest BCUT2D eigenvalue weighted by atomic mass is 14.9. The highest BCUT2D eigenvalue weighted by Gasteiger charge is 2.24. The SMILES string of the molecule is C=C(NCCc1ccccc1)C1CCC(CCc2cc(C)ccc2C)=C(c2ccccc2C)C1. The smallest absolute Gasteiger partial charge is 0.0184 e. The Kier molecular flexibility index (Phi) is 8.06. The van der Waals surface area contributed by atoms with Gasteiger partial charge in [-0.25, -0.2) is 0 Å². The molecule has 0 saturated heterocycles. The molecule has 0 bridgehead atoms. The van der Waals surface area contributed by atoms with Gasteiger partial charge in [0.1, 0.15) is 0 Å². The summed E-state index contributed by atoms with van der Waals surface area (Å²) in [7, 11) is 0. The molecule has 0 amide bonds. The molecule has 0 aromatic heterocycles. The van der Waals surface area contributed by atoms with E-state index in [9.17, 15) is 0 Å². The summed E-state index contributed by atoms with van der Waals surface area (Å²) in [6.07, 6.45) is 6.75. The summed E-state index contributed by atoms with van der Waals surface area (Å²) in [4.78, 5) is 0. The number of hydrogen-bond donors (Lipinski definition) is 1. The molecule has 176 valence electrons. The van der Waals surface area contributed by atoms with Gasteiger partial charge in [0.25, 0.3) is 0 Å². The average molecular weight is 450 g/mol. The maximum absolute atomic E-state index is 4.47. The van der Waals surface area contributed by atoms with Crippen molar-refractivity contribution in [2.24, 2.45) is 5.92 Å². The highest BCUT2D eigenvalue weighted by molar-refractivity contribution is 5.72. The Morgan fingerprint density at radius 2 is 1.62 bits per heavy atom. The van der Waals surface area contributed by atoms with Crippen LogP contribution in [0, 0.1) is 26.7 Å². The van der Waals surface area contributed by atoms with Gasteiger partial charge in [0.2, 0.25) is 0 Å². The van der Waals surface area contributed by atoms with Gasteiger partial charge in [0.15, 0.2) is 0 Å². The van der Waals surface area contributed by atoms with Crippen LogP contribution in [0.15, 0.2) is 90.6 Å². The van der Waals surface area contributed by atoms with Gasteiger partial charge in [-0.2, -0.15) is 0 Å². The summed E-state index contributed by atoms with van der Waals surface area (Å²) in [5.41, 5.74) is 12.9. The van der Waals surface area contributed by atoms with Gasteiger partial charge >= 0.3 is 0 Å². The minimum Gasteiger partial charge on any atom is -0.388 e. The minimum absolute atomic E-state index is 0.495. The summed E-state index contributed by atoms with van der Waals surface area (Å²) >= 11 is 0. The summed E-state index contributed by atoms with van der Waals surface area (Å²) < 4.78 is 0. The van der Waals surface area contributed by atoms with Crippen molar-refractivity contribution in [1.29, 1.82) is 0 Å². The first kappa shape index (κ1) is 24.1. The van der Waals surface area contributed by atoms with E-state index in [1.165, 1.54) is 51.9 Å². The number of nitrogens with one attached hydrogen (secondary N) is 1. The van der Waals surface area contributed by atoms with E-state index in [4.69, 9.17) is 0 Å². The van der Waals surface area contributed by atoms with Crippen LogP contribution in [0.4, 0.5) is 0 Å². The fourth-order valence-corrected chi connectivity index (χ4v) is 5.29. The maximum Gasteiger partial charge on any atom is 0.0184 e. The second kappa shape index (κ2) is 11.4. The fourth-order valence-electron chi connectivity index (χ4n) is 5.29. The topological polar surface area (TPSA) is 12.0 Å². The Bertz CT molecular complexity index is 1150. The van der Waals surface area contributed by atoms with Gasteiger partial charge in [-0.3, -0.25) is 0 Å².